The van der Waals surface area contributed by atoms with Gasteiger partial charge in [-0.25, -0.2) is 19.7 Å². The normalized spacial score (nSPS) is 10.7. The van der Waals surface area contributed by atoms with Crippen molar-refractivity contribution in [1.82, 2.24) is 15.0 Å². The van der Waals surface area contributed by atoms with Crippen LogP contribution in [0.4, 0.5) is 11.1 Å². The molecule has 0 spiro atoms. The fraction of sp³-hybridized carbons (Fsp3) is 0.250. The lowest BCUT2D eigenvalue weighted by Gasteiger charge is -2.09. The number of carbonyl (C=O) groups excluding carboxylic acids is 1. The van der Waals surface area contributed by atoms with Gasteiger partial charge in [-0.2, -0.15) is 0 Å². The Morgan fingerprint density at radius 3 is 2.52 bits per heavy atom. The number of rotatable bonds is 4. The molecule has 1 aromatic carbocycles. The Morgan fingerprint density at radius 1 is 1.17 bits per heavy atom. The second-order valence-electron chi connectivity index (χ2n) is 4.93. The van der Waals surface area contributed by atoms with Crippen LogP contribution in [0, 0.1) is 13.8 Å². The van der Waals surface area contributed by atoms with E-state index in [4.69, 9.17) is 4.74 Å². The molecule has 6 nitrogen and oxygen atoms in total. The van der Waals surface area contributed by atoms with Crippen molar-refractivity contribution in [1.29, 1.82) is 0 Å². The Bertz CT molecular complexity index is 819. The molecule has 0 saturated heterocycles. The molecule has 2 aromatic heterocycles. The first-order valence-electron chi connectivity index (χ1n) is 7.23. The summed E-state index contributed by atoms with van der Waals surface area (Å²) < 4.78 is 6.13. The molecule has 0 aliphatic rings. The van der Waals surface area contributed by atoms with Crippen molar-refractivity contribution in [3.05, 3.63) is 41.2 Å². The number of thiazole rings is 1. The lowest BCUT2D eigenvalue weighted by molar-refractivity contribution is 0.0523. The second kappa shape index (κ2) is 6.29. The fourth-order valence-electron chi connectivity index (χ4n) is 2.29. The van der Waals surface area contributed by atoms with Crippen LogP contribution in [-0.2, 0) is 4.74 Å². The molecule has 0 radical (unpaired) electrons. The number of fused-ring (bicyclic) bond motifs is 1. The Hall–Kier alpha value is -2.54. The Morgan fingerprint density at radius 2 is 1.87 bits per heavy atom. The van der Waals surface area contributed by atoms with Gasteiger partial charge in [0.2, 0.25) is 5.95 Å². The van der Waals surface area contributed by atoms with Gasteiger partial charge in [0.15, 0.2) is 5.13 Å². The molecule has 118 valence electrons. The van der Waals surface area contributed by atoms with Gasteiger partial charge in [-0.1, -0.05) is 23.5 Å². The van der Waals surface area contributed by atoms with E-state index in [-0.39, 0.29) is 0 Å². The molecule has 0 aliphatic carbocycles. The molecule has 0 aliphatic heterocycles. The Balaban J connectivity index is 1.90. The predicted octanol–water partition coefficient (Wildman–Crippen LogP) is 3.62. The lowest BCUT2D eigenvalue weighted by atomic mass is 10.2. The summed E-state index contributed by atoms with van der Waals surface area (Å²) in [4.78, 5) is 25.1. The van der Waals surface area contributed by atoms with E-state index in [0.717, 1.165) is 10.2 Å². The molecule has 3 aromatic rings. The number of hydrogen-bond donors (Lipinski definition) is 1. The summed E-state index contributed by atoms with van der Waals surface area (Å²) in [6.45, 7) is 5.63. The van der Waals surface area contributed by atoms with Crippen LogP contribution in [0.1, 0.15) is 28.7 Å². The zero-order chi connectivity index (χ0) is 16.4. The summed E-state index contributed by atoms with van der Waals surface area (Å²) in [5.41, 5.74) is 2.51. The van der Waals surface area contributed by atoms with Crippen molar-refractivity contribution in [3.63, 3.8) is 0 Å². The van der Waals surface area contributed by atoms with E-state index in [1.807, 2.05) is 24.3 Å². The number of nitrogens with one attached hydrogen (secondary N) is 1. The monoisotopic (exact) mass is 328 g/mol. The third-order valence-electron chi connectivity index (χ3n) is 3.26. The number of hydrogen-bond acceptors (Lipinski definition) is 7. The number of aromatic nitrogens is 3. The molecule has 2 heterocycles. The maximum Gasteiger partial charge on any atom is 0.341 e. The first-order valence-corrected chi connectivity index (χ1v) is 8.05. The van der Waals surface area contributed by atoms with Crippen molar-refractivity contribution in [2.75, 3.05) is 11.9 Å². The highest BCUT2D eigenvalue weighted by Crippen LogP contribution is 2.27. The first-order chi connectivity index (χ1) is 11.1. The van der Waals surface area contributed by atoms with Crippen LogP contribution >= 0.6 is 11.3 Å². The van der Waals surface area contributed by atoms with Gasteiger partial charge < -0.3 is 4.74 Å². The quantitative estimate of drug-likeness (QED) is 0.737. The smallest absolute Gasteiger partial charge is 0.341 e. The maximum atomic E-state index is 11.9. The second-order valence-corrected chi connectivity index (χ2v) is 5.96. The number of carbonyl (C=O) groups is 1. The molecule has 0 saturated carbocycles. The van der Waals surface area contributed by atoms with E-state index >= 15 is 0 Å². The van der Waals surface area contributed by atoms with E-state index in [2.05, 4.69) is 20.3 Å². The Labute approximate surface area is 137 Å². The van der Waals surface area contributed by atoms with Crippen molar-refractivity contribution in [2.24, 2.45) is 0 Å². The van der Waals surface area contributed by atoms with E-state index in [9.17, 15) is 4.79 Å². The van der Waals surface area contributed by atoms with E-state index in [0.29, 0.717) is 34.6 Å². The highest BCUT2D eigenvalue weighted by Gasteiger charge is 2.17. The average Bonchev–Trinajstić information content (AvgIpc) is 2.88. The predicted molar refractivity (Wildman–Crippen MR) is 90.4 cm³/mol. The van der Waals surface area contributed by atoms with Gasteiger partial charge in [-0.15, -0.1) is 0 Å². The number of benzene rings is 1. The summed E-state index contributed by atoms with van der Waals surface area (Å²) in [5.74, 6) is 0.0288. The molecule has 1 N–H and O–H groups in total. The van der Waals surface area contributed by atoms with Crippen LogP contribution in [0.2, 0.25) is 0 Å². The fourth-order valence-corrected chi connectivity index (χ4v) is 3.15. The standard InChI is InChI=1S/C16H16N4O2S/c1-4-22-14(21)13-9(2)17-15(18-10(13)3)20-16-19-11-7-5-6-8-12(11)23-16/h5-8H,4H2,1-3H3,(H,17,18,19,20). The highest BCUT2D eigenvalue weighted by molar-refractivity contribution is 7.22. The molecule has 0 bridgehead atoms. The van der Waals surface area contributed by atoms with E-state index < -0.39 is 5.97 Å². The molecule has 0 unspecified atom stereocenters. The minimum absolute atomic E-state index is 0.323. The van der Waals surface area contributed by atoms with Crippen LogP contribution in [0.5, 0.6) is 0 Å². The SMILES string of the molecule is CCOC(=O)c1c(C)nc(Nc2nc3ccccc3s2)nc1C. The molecule has 3 rings (SSSR count). The highest BCUT2D eigenvalue weighted by atomic mass is 32.1. The number of ether oxygens (including phenoxy) is 1. The Kier molecular flexibility index (Phi) is 4.20. The number of nitrogens with zero attached hydrogens (tertiary/aromatic N) is 3. The van der Waals surface area contributed by atoms with Gasteiger partial charge in [0.1, 0.15) is 5.56 Å². The number of aryl methyl sites for hydroxylation is 2. The van der Waals surface area contributed by atoms with Crippen LogP contribution in [0.25, 0.3) is 10.2 Å². The van der Waals surface area contributed by atoms with Crippen molar-refractivity contribution < 1.29 is 9.53 Å². The van der Waals surface area contributed by atoms with Crippen molar-refractivity contribution >= 4 is 38.6 Å². The maximum absolute atomic E-state index is 11.9. The third kappa shape index (κ3) is 3.14. The molecule has 23 heavy (non-hydrogen) atoms. The number of anilines is 2. The van der Waals surface area contributed by atoms with Crippen molar-refractivity contribution in [3.8, 4) is 0 Å². The minimum Gasteiger partial charge on any atom is -0.462 e. The van der Waals surface area contributed by atoms with Crippen LogP contribution in [-0.4, -0.2) is 27.5 Å². The van der Waals surface area contributed by atoms with Crippen LogP contribution in [0.3, 0.4) is 0 Å². The van der Waals surface area contributed by atoms with Gasteiger partial charge in [0.25, 0.3) is 0 Å². The van der Waals surface area contributed by atoms with Crippen LogP contribution < -0.4 is 5.32 Å². The lowest BCUT2D eigenvalue weighted by Crippen LogP contribution is -2.13. The molecular formula is C16H16N4O2S. The molecule has 0 fully saturated rings. The molecule has 0 atom stereocenters. The van der Waals surface area contributed by atoms with Crippen LogP contribution in [0.15, 0.2) is 24.3 Å². The summed E-state index contributed by atoms with van der Waals surface area (Å²) in [7, 11) is 0. The third-order valence-corrected chi connectivity index (χ3v) is 4.21. The van der Waals surface area contributed by atoms with Crippen molar-refractivity contribution in [2.45, 2.75) is 20.8 Å². The van der Waals surface area contributed by atoms with E-state index in [1.54, 1.807) is 20.8 Å². The molecule has 0 amide bonds. The first kappa shape index (κ1) is 15.4. The number of esters is 1. The topological polar surface area (TPSA) is 77.0 Å². The van der Waals surface area contributed by atoms with E-state index in [1.165, 1.54) is 11.3 Å². The van der Waals surface area contributed by atoms with Gasteiger partial charge in [0.05, 0.1) is 28.2 Å². The summed E-state index contributed by atoms with van der Waals surface area (Å²) in [5, 5.41) is 3.82. The zero-order valence-corrected chi connectivity index (χ0v) is 13.9. The van der Waals surface area contributed by atoms with Gasteiger partial charge >= 0.3 is 5.97 Å². The average molecular weight is 328 g/mol. The molecular weight excluding hydrogens is 312 g/mol. The summed E-state index contributed by atoms with van der Waals surface area (Å²) >= 11 is 1.53. The largest absolute Gasteiger partial charge is 0.462 e. The van der Waals surface area contributed by atoms with Gasteiger partial charge in [-0.3, -0.25) is 5.32 Å². The summed E-state index contributed by atoms with van der Waals surface area (Å²) in [6.07, 6.45) is 0. The molecule has 7 heteroatoms. The number of para-hydroxylation sites is 1. The minimum atomic E-state index is -0.394. The zero-order valence-electron chi connectivity index (χ0n) is 13.1. The van der Waals surface area contributed by atoms with Gasteiger partial charge in [0, 0.05) is 0 Å². The van der Waals surface area contributed by atoms with Gasteiger partial charge in [-0.05, 0) is 32.9 Å². The summed E-state index contributed by atoms with van der Waals surface area (Å²) in [6, 6.07) is 7.89.